The summed E-state index contributed by atoms with van der Waals surface area (Å²) in [4.78, 5) is 12.5. The second-order valence-electron chi connectivity index (χ2n) is 6.54. The van der Waals surface area contributed by atoms with Crippen molar-refractivity contribution in [2.45, 2.75) is 45.7 Å². The molecule has 0 saturated carbocycles. The lowest BCUT2D eigenvalue weighted by Crippen LogP contribution is -2.51. The summed E-state index contributed by atoms with van der Waals surface area (Å²) in [7, 11) is 1.59. The molecule has 2 atom stereocenters. The number of ether oxygens (including phenoxy) is 2. The monoisotopic (exact) mass is 356 g/mol. The number of amides is 1. The lowest BCUT2D eigenvalue weighted by atomic mass is 9.99. The summed E-state index contributed by atoms with van der Waals surface area (Å²) in [5.74, 6) is 1.63. The number of benzene rings is 1. The number of hydrogen-bond donors (Lipinski definition) is 2. The van der Waals surface area contributed by atoms with Crippen LogP contribution in [0.4, 0.5) is 0 Å². The van der Waals surface area contributed by atoms with Crippen molar-refractivity contribution in [3.63, 3.8) is 0 Å². The fourth-order valence-corrected chi connectivity index (χ4v) is 2.68. The Morgan fingerprint density at radius 2 is 2.12 bits per heavy atom. The van der Waals surface area contributed by atoms with Crippen LogP contribution in [0.2, 0.25) is 0 Å². The van der Waals surface area contributed by atoms with Gasteiger partial charge in [-0.3, -0.25) is 4.79 Å². The van der Waals surface area contributed by atoms with Crippen LogP contribution in [0.1, 0.15) is 44.0 Å². The number of halogens is 1. The smallest absolute Gasteiger partial charge is 0.251 e. The SMILES string of the molecule is COc1cc(C(=O)NC2CCCNC2C)ccc1OCC(C)C.Cl. The third-order valence-corrected chi connectivity index (χ3v) is 4.08. The van der Waals surface area contributed by atoms with Crippen molar-refractivity contribution in [1.82, 2.24) is 10.6 Å². The molecule has 136 valence electrons. The fraction of sp³-hybridized carbons (Fsp3) is 0.611. The van der Waals surface area contributed by atoms with Crippen LogP contribution in [0, 0.1) is 5.92 Å². The van der Waals surface area contributed by atoms with Gasteiger partial charge < -0.3 is 20.1 Å². The molecule has 0 spiro atoms. The molecule has 1 fully saturated rings. The predicted octanol–water partition coefficient (Wildman–Crippen LogP) is 3.02. The maximum absolute atomic E-state index is 12.5. The molecule has 0 radical (unpaired) electrons. The highest BCUT2D eigenvalue weighted by atomic mass is 35.5. The predicted molar refractivity (Wildman–Crippen MR) is 98.5 cm³/mol. The van der Waals surface area contributed by atoms with Gasteiger partial charge >= 0.3 is 0 Å². The van der Waals surface area contributed by atoms with Crippen molar-refractivity contribution in [3.8, 4) is 11.5 Å². The zero-order valence-electron chi connectivity index (χ0n) is 14.9. The van der Waals surface area contributed by atoms with Crippen LogP contribution in [0.5, 0.6) is 11.5 Å². The van der Waals surface area contributed by atoms with Crippen molar-refractivity contribution >= 4 is 18.3 Å². The quantitative estimate of drug-likeness (QED) is 0.822. The minimum absolute atomic E-state index is 0. The Morgan fingerprint density at radius 3 is 2.75 bits per heavy atom. The van der Waals surface area contributed by atoms with Crippen LogP contribution in [0.3, 0.4) is 0 Å². The second kappa shape index (κ2) is 9.74. The van der Waals surface area contributed by atoms with Gasteiger partial charge in [-0.25, -0.2) is 0 Å². The average Bonchev–Trinajstić information content (AvgIpc) is 2.54. The van der Waals surface area contributed by atoms with Crippen molar-refractivity contribution in [1.29, 1.82) is 0 Å². The molecule has 0 aromatic heterocycles. The number of piperidine rings is 1. The zero-order valence-corrected chi connectivity index (χ0v) is 15.7. The zero-order chi connectivity index (χ0) is 16.8. The van der Waals surface area contributed by atoms with Gasteiger partial charge in [0.1, 0.15) is 0 Å². The highest BCUT2D eigenvalue weighted by Gasteiger charge is 2.23. The van der Waals surface area contributed by atoms with Crippen molar-refractivity contribution in [2.75, 3.05) is 20.3 Å². The molecule has 2 rings (SSSR count). The molecule has 0 aliphatic carbocycles. The molecule has 5 nitrogen and oxygen atoms in total. The summed E-state index contributed by atoms with van der Waals surface area (Å²) < 4.78 is 11.1. The second-order valence-corrected chi connectivity index (χ2v) is 6.54. The number of carbonyl (C=O) groups is 1. The summed E-state index contributed by atoms with van der Waals surface area (Å²) in [5, 5.41) is 6.50. The Labute approximate surface area is 150 Å². The molecule has 1 saturated heterocycles. The lowest BCUT2D eigenvalue weighted by Gasteiger charge is -2.30. The van der Waals surface area contributed by atoms with E-state index in [4.69, 9.17) is 9.47 Å². The third-order valence-electron chi connectivity index (χ3n) is 4.08. The normalized spacial score (nSPS) is 20.2. The molecule has 2 N–H and O–H groups in total. The molecular formula is C18H29ClN2O3. The van der Waals surface area contributed by atoms with E-state index in [9.17, 15) is 4.79 Å². The van der Waals surface area contributed by atoms with Gasteiger partial charge in [-0.05, 0) is 50.4 Å². The van der Waals surface area contributed by atoms with Gasteiger partial charge in [0.25, 0.3) is 5.91 Å². The van der Waals surface area contributed by atoms with Crippen LogP contribution in [0.15, 0.2) is 18.2 Å². The molecule has 1 aromatic rings. The summed E-state index contributed by atoms with van der Waals surface area (Å²) in [6.07, 6.45) is 2.09. The van der Waals surface area contributed by atoms with Crippen LogP contribution in [-0.2, 0) is 0 Å². The molecule has 6 heteroatoms. The van der Waals surface area contributed by atoms with Crippen molar-refractivity contribution in [2.24, 2.45) is 5.92 Å². The summed E-state index contributed by atoms with van der Waals surface area (Å²) in [6.45, 7) is 7.92. The van der Waals surface area contributed by atoms with Crippen molar-refractivity contribution in [3.05, 3.63) is 23.8 Å². The molecule has 1 aliphatic heterocycles. The van der Waals surface area contributed by atoms with E-state index in [0.29, 0.717) is 35.6 Å². The summed E-state index contributed by atoms with van der Waals surface area (Å²) in [5.41, 5.74) is 0.594. The first kappa shape index (κ1) is 20.6. The van der Waals surface area contributed by atoms with E-state index < -0.39 is 0 Å². The Hall–Kier alpha value is -1.46. The first-order chi connectivity index (χ1) is 11.0. The molecule has 1 amide bonds. The van der Waals surface area contributed by atoms with Crippen LogP contribution >= 0.6 is 12.4 Å². The van der Waals surface area contributed by atoms with E-state index in [2.05, 4.69) is 31.4 Å². The highest BCUT2D eigenvalue weighted by Crippen LogP contribution is 2.28. The number of carbonyl (C=O) groups excluding carboxylic acids is 1. The summed E-state index contributed by atoms with van der Waals surface area (Å²) in [6, 6.07) is 5.79. The minimum atomic E-state index is -0.0701. The van der Waals surface area contributed by atoms with Crippen LogP contribution in [0.25, 0.3) is 0 Å². The molecule has 1 heterocycles. The van der Waals surface area contributed by atoms with Crippen molar-refractivity contribution < 1.29 is 14.3 Å². The van der Waals surface area contributed by atoms with E-state index in [1.54, 1.807) is 25.3 Å². The topological polar surface area (TPSA) is 59.6 Å². The van der Waals surface area contributed by atoms with Gasteiger partial charge in [0.15, 0.2) is 11.5 Å². The molecule has 24 heavy (non-hydrogen) atoms. The third kappa shape index (κ3) is 5.56. The Balaban J connectivity index is 0.00000288. The van der Waals surface area contributed by atoms with E-state index >= 15 is 0 Å². The average molecular weight is 357 g/mol. The van der Waals surface area contributed by atoms with Crippen LogP contribution < -0.4 is 20.1 Å². The molecule has 1 aliphatic rings. The van der Waals surface area contributed by atoms with E-state index in [1.807, 2.05) is 0 Å². The standard InChI is InChI=1S/C18H28N2O3.ClH/c1-12(2)11-23-16-8-7-14(10-17(16)22-4)18(21)20-15-6-5-9-19-13(15)3;/h7-8,10,12-13,15,19H,5-6,9,11H2,1-4H3,(H,20,21);1H. The van der Waals surface area contributed by atoms with Gasteiger partial charge in [0.05, 0.1) is 13.7 Å². The van der Waals surface area contributed by atoms with Gasteiger partial charge in [-0.15, -0.1) is 12.4 Å². The number of nitrogens with one attached hydrogen (secondary N) is 2. The first-order valence-corrected chi connectivity index (χ1v) is 8.36. The maximum Gasteiger partial charge on any atom is 0.251 e. The van der Waals surface area contributed by atoms with Gasteiger partial charge in [0, 0.05) is 17.6 Å². The van der Waals surface area contributed by atoms with E-state index in [1.165, 1.54) is 0 Å². The maximum atomic E-state index is 12.5. The Kier molecular flexibility index (Phi) is 8.36. The molecule has 0 bridgehead atoms. The fourth-order valence-electron chi connectivity index (χ4n) is 2.68. The summed E-state index contributed by atoms with van der Waals surface area (Å²) >= 11 is 0. The lowest BCUT2D eigenvalue weighted by molar-refractivity contribution is 0.0919. The van der Waals surface area contributed by atoms with Gasteiger partial charge in [-0.1, -0.05) is 13.8 Å². The molecule has 1 aromatic carbocycles. The van der Waals surface area contributed by atoms with E-state index in [-0.39, 0.29) is 24.4 Å². The van der Waals surface area contributed by atoms with E-state index in [0.717, 1.165) is 19.4 Å². The highest BCUT2D eigenvalue weighted by molar-refractivity contribution is 5.95. The number of rotatable bonds is 6. The molecular weight excluding hydrogens is 328 g/mol. The first-order valence-electron chi connectivity index (χ1n) is 8.36. The molecule has 2 unspecified atom stereocenters. The Bertz CT molecular complexity index is 537. The van der Waals surface area contributed by atoms with Gasteiger partial charge in [-0.2, -0.15) is 0 Å². The largest absolute Gasteiger partial charge is 0.493 e. The Morgan fingerprint density at radius 1 is 1.38 bits per heavy atom. The number of hydrogen-bond acceptors (Lipinski definition) is 4. The van der Waals surface area contributed by atoms with Crippen LogP contribution in [-0.4, -0.2) is 38.3 Å². The number of methoxy groups -OCH3 is 1. The minimum Gasteiger partial charge on any atom is -0.493 e. The van der Waals surface area contributed by atoms with Gasteiger partial charge in [0.2, 0.25) is 0 Å².